The van der Waals surface area contributed by atoms with Crippen LogP contribution >= 0.6 is 0 Å². The van der Waals surface area contributed by atoms with Crippen LogP contribution in [0.5, 0.6) is 0 Å². The zero-order valence-corrected chi connectivity index (χ0v) is 9.06. The zero-order valence-electron chi connectivity index (χ0n) is 9.06. The number of nitrogens with zero attached hydrogens (tertiary/aromatic N) is 3. The van der Waals surface area contributed by atoms with E-state index in [9.17, 15) is 4.79 Å². The van der Waals surface area contributed by atoms with E-state index < -0.39 is 0 Å². The quantitative estimate of drug-likeness (QED) is 0.525. The lowest BCUT2D eigenvalue weighted by Gasteiger charge is -2.02. The molecule has 0 fully saturated rings. The van der Waals surface area contributed by atoms with E-state index in [4.69, 9.17) is 4.74 Å². The predicted octanol–water partition coefficient (Wildman–Crippen LogP) is -0.142. The standard InChI is InChI=1S/C9H16N4O2/c1-3-15-9(14)4-5-10-6-8-11-7-13(2)12-8/h7,10H,3-6H2,1-2H3. The highest BCUT2D eigenvalue weighted by Crippen LogP contribution is 1.88. The summed E-state index contributed by atoms with van der Waals surface area (Å²) < 4.78 is 6.43. The fraction of sp³-hybridized carbons (Fsp3) is 0.667. The lowest BCUT2D eigenvalue weighted by Crippen LogP contribution is -2.19. The molecule has 1 aromatic rings. The predicted molar refractivity (Wildman–Crippen MR) is 54.0 cm³/mol. The first kappa shape index (κ1) is 11.6. The molecular weight excluding hydrogens is 196 g/mol. The third kappa shape index (κ3) is 4.55. The van der Waals surface area contributed by atoms with Crippen LogP contribution in [0, 0.1) is 0 Å². The summed E-state index contributed by atoms with van der Waals surface area (Å²) in [6, 6.07) is 0. The summed E-state index contributed by atoms with van der Waals surface area (Å²) >= 11 is 0. The lowest BCUT2D eigenvalue weighted by molar-refractivity contribution is -0.142. The Labute approximate surface area is 88.6 Å². The maximum Gasteiger partial charge on any atom is 0.307 e. The smallest absolute Gasteiger partial charge is 0.307 e. The van der Waals surface area contributed by atoms with Crippen LogP contribution in [0.15, 0.2) is 6.33 Å². The van der Waals surface area contributed by atoms with Gasteiger partial charge >= 0.3 is 5.97 Å². The molecule has 6 nitrogen and oxygen atoms in total. The molecule has 0 aromatic carbocycles. The molecule has 15 heavy (non-hydrogen) atoms. The van der Waals surface area contributed by atoms with Crippen LogP contribution in [0.1, 0.15) is 19.2 Å². The van der Waals surface area contributed by atoms with Crippen molar-refractivity contribution in [2.75, 3.05) is 13.2 Å². The van der Waals surface area contributed by atoms with Crippen LogP contribution in [0.4, 0.5) is 0 Å². The van der Waals surface area contributed by atoms with Crippen LogP contribution in [0.25, 0.3) is 0 Å². The fourth-order valence-corrected chi connectivity index (χ4v) is 1.09. The molecular formula is C9H16N4O2. The van der Waals surface area contributed by atoms with Crippen molar-refractivity contribution in [1.29, 1.82) is 0 Å². The largest absolute Gasteiger partial charge is 0.466 e. The summed E-state index contributed by atoms with van der Waals surface area (Å²) in [6.07, 6.45) is 2.02. The normalized spacial score (nSPS) is 10.3. The van der Waals surface area contributed by atoms with E-state index >= 15 is 0 Å². The van der Waals surface area contributed by atoms with Gasteiger partial charge in [0.25, 0.3) is 0 Å². The third-order valence-electron chi connectivity index (χ3n) is 1.74. The van der Waals surface area contributed by atoms with Crippen LogP contribution in [-0.4, -0.2) is 33.9 Å². The molecule has 84 valence electrons. The summed E-state index contributed by atoms with van der Waals surface area (Å²) in [6.45, 7) is 3.38. The average molecular weight is 212 g/mol. The van der Waals surface area contributed by atoms with Gasteiger partial charge in [0.2, 0.25) is 0 Å². The number of carbonyl (C=O) groups excluding carboxylic acids is 1. The van der Waals surface area contributed by atoms with E-state index in [0.29, 0.717) is 26.1 Å². The van der Waals surface area contributed by atoms with Gasteiger partial charge in [0.15, 0.2) is 5.82 Å². The zero-order chi connectivity index (χ0) is 11.1. The topological polar surface area (TPSA) is 69.0 Å². The Balaban J connectivity index is 2.09. The van der Waals surface area contributed by atoms with Crippen molar-refractivity contribution in [3.63, 3.8) is 0 Å². The van der Waals surface area contributed by atoms with Crippen molar-refractivity contribution in [2.24, 2.45) is 7.05 Å². The van der Waals surface area contributed by atoms with Crippen molar-refractivity contribution in [3.8, 4) is 0 Å². The second-order valence-electron chi connectivity index (χ2n) is 3.07. The number of ether oxygens (including phenoxy) is 1. The number of nitrogens with one attached hydrogen (secondary N) is 1. The molecule has 0 amide bonds. The number of rotatable bonds is 6. The third-order valence-corrected chi connectivity index (χ3v) is 1.74. The van der Waals surface area contributed by atoms with Gasteiger partial charge in [-0.25, -0.2) is 4.98 Å². The Kier molecular flexibility index (Phi) is 4.76. The molecule has 0 radical (unpaired) electrons. The molecule has 0 saturated heterocycles. The minimum atomic E-state index is -0.181. The molecule has 1 rings (SSSR count). The van der Waals surface area contributed by atoms with Crippen molar-refractivity contribution < 1.29 is 9.53 Å². The lowest BCUT2D eigenvalue weighted by atomic mass is 10.4. The number of hydrogen-bond acceptors (Lipinski definition) is 5. The first-order valence-electron chi connectivity index (χ1n) is 4.93. The summed E-state index contributed by atoms with van der Waals surface area (Å²) in [5.41, 5.74) is 0. The van der Waals surface area contributed by atoms with Gasteiger partial charge in [-0.2, -0.15) is 5.10 Å². The second-order valence-corrected chi connectivity index (χ2v) is 3.07. The molecule has 0 bridgehead atoms. The minimum Gasteiger partial charge on any atom is -0.466 e. The summed E-state index contributed by atoms with van der Waals surface area (Å²) in [5, 5.41) is 7.16. The van der Waals surface area contributed by atoms with Gasteiger partial charge in [0, 0.05) is 13.6 Å². The van der Waals surface area contributed by atoms with Gasteiger partial charge in [-0.15, -0.1) is 0 Å². The van der Waals surface area contributed by atoms with Gasteiger partial charge in [0.05, 0.1) is 19.6 Å². The van der Waals surface area contributed by atoms with Gasteiger partial charge in [-0.1, -0.05) is 0 Å². The molecule has 0 atom stereocenters. The molecule has 1 aromatic heterocycles. The maximum atomic E-state index is 11.0. The van der Waals surface area contributed by atoms with Crippen molar-refractivity contribution in [2.45, 2.75) is 19.9 Å². The first-order chi connectivity index (χ1) is 7.22. The van der Waals surface area contributed by atoms with Crippen LogP contribution in [0.3, 0.4) is 0 Å². The Morgan fingerprint density at radius 3 is 3.07 bits per heavy atom. The molecule has 6 heteroatoms. The van der Waals surface area contributed by atoms with Gasteiger partial charge in [-0.3, -0.25) is 9.48 Å². The van der Waals surface area contributed by atoms with Crippen LogP contribution in [0.2, 0.25) is 0 Å². The Morgan fingerprint density at radius 1 is 1.67 bits per heavy atom. The highest BCUT2D eigenvalue weighted by molar-refractivity contribution is 5.69. The summed E-state index contributed by atoms with van der Waals surface area (Å²) in [7, 11) is 1.81. The van der Waals surface area contributed by atoms with Gasteiger partial charge in [-0.05, 0) is 6.92 Å². The van der Waals surface area contributed by atoms with E-state index in [1.165, 1.54) is 0 Å². The Bertz CT molecular complexity index is 311. The minimum absolute atomic E-state index is 0.181. The van der Waals surface area contributed by atoms with Crippen molar-refractivity contribution in [3.05, 3.63) is 12.2 Å². The van der Waals surface area contributed by atoms with E-state index in [-0.39, 0.29) is 5.97 Å². The molecule has 0 aliphatic carbocycles. The van der Waals surface area contributed by atoms with Gasteiger partial charge < -0.3 is 10.1 Å². The van der Waals surface area contributed by atoms with E-state index in [1.807, 2.05) is 7.05 Å². The van der Waals surface area contributed by atoms with E-state index in [1.54, 1.807) is 17.9 Å². The van der Waals surface area contributed by atoms with Crippen molar-refractivity contribution in [1.82, 2.24) is 20.1 Å². The summed E-state index contributed by atoms with van der Waals surface area (Å²) in [4.78, 5) is 15.0. The SMILES string of the molecule is CCOC(=O)CCNCc1ncn(C)n1. The second kappa shape index (κ2) is 6.13. The van der Waals surface area contributed by atoms with Crippen LogP contribution < -0.4 is 5.32 Å². The number of hydrogen-bond donors (Lipinski definition) is 1. The molecule has 1 N–H and O–H groups in total. The molecule has 0 saturated carbocycles. The molecule has 0 aliphatic rings. The number of aromatic nitrogens is 3. The van der Waals surface area contributed by atoms with E-state index in [2.05, 4.69) is 15.4 Å². The highest BCUT2D eigenvalue weighted by atomic mass is 16.5. The number of esters is 1. The van der Waals surface area contributed by atoms with E-state index in [0.717, 1.165) is 5.82 Å². The fourth-order valence-electron chi connectivity index (χ4n) is 1.09. The molecule has 0 spiro atoms. The monoisotopic (exact) mass is 212 g/mol. The number of carbonyl (C=O) groups is 1. The molecule has 0 aliphatic heterocycles. The highest BCUT2D eigenvalue weighted by Gasteiger charge is 2.01. The summed E-state index contributed by atoms with van der Waals surface area (Å²) in [5.74, 6) is 0.542. The van der Waals surface area contributed by atoms with Gasteiger partial charge in [0.1, 0.15) is 6.33 Å². The van der Waals surface area contributed by atoms with Crippen LogP contribution in [-0.2, 0) is 23.1 Å². The Hall–Kier alpha value is -1.43. The molecule has 1 heterocycles. The first-order valence-corrected chi connectivity index (χ1v) is 4.93. The Morgan fingerprint density at radius 2 is 2.47 bits per heavy atom. The maximum absolute atomic E-state index is 11.0. The average Bonchev–Trinajstić information content (AvgIpc) is 2.60. The number of aryl methyl sites for hydroxylation is 1. The van der Waals surface area contributed by atoms with Crippen molar-refractivity contribution >= 4 is 5.97 Å². The molecule has 0 unspecified atom stereocenters.